The Morgan fingerprint density at radius 1 is 1.07 bits per heavy atom. The Kier molecular flexibility index (Phi) is 5.90. The first kappa shape index (κ1) is 18.7. The molecule has 2 aromatic rings. The Labute approximate surface area is 158 Å². The second kappa shape index (κ2) is 8.53. The quantitative estimate of drug-likeness (QED) is 0.594. The van der Waals surface area contributed by atoms with Gasteiger partial charge in [0.1, 0.15) is 6.04 Å². The fraction of sp³-hybridized carbons (Fsp3) is 0.350. The van der Waals surface area contributed by atoms with Crippen LogP contribution >= 0.6 is 0 Å². The largest absolute Gasteiger partial charge is 0.374 e. The van der Waals surface area contributed by atoms with Gasteiger partial charge in [-0.3, -0.25) is 14.9 Å². The van der Waals surface area contributed by atoms with Gasteiger partial charge in [-0.05, 0) is 56.5 Å². The van der Waals surface area contributed by atoms with Gasteiger partial charge in [-0.15, -0.1) is 0 Å². The highest BCUT2D eigenvalue weighted by Gasteiger charge is 2.15. The third-order valence-corrected chi connectivity index (χ3v) is 4.69. The third-order valence-electron chi connectivity index (χ3n) is 4.69. The van der Waals surface area contributed by atoms with Crippen LogP contribution in [0.3, 0.4) is 0 Å². The summed E-state index contributed by atoms with van der Waals surface area (Å²) in [6.45, 7) is 3.94. The molecule has 1 atom stereocenters. The van der Waals surface area contributed by atoms with Gasteiger partial charge in [-0.2, -0.15) is 0 Å². The summed E-state index contributed by atoms with van der Waals surface area (Å²) >= 11 is 0. The highest BCUT2D eigenvalue weighted by Crippen LogP contribution is 2.22. The molecule has 1 aliphatic heterocycles. The molecule has 2 N–H and O–H groups in total. The van der Waals surface area contributed by atoms with Crippen LogP contribution < -0.4 is 15.5 Å². The molecule has 0 bridgehead atoms. The van der Waals surface area contributed by atoms with Crippen molar-refractivity contribution in [3.8, 4) is 0 Å². The van der Waals surface area contributed by atoms with Gasteiger partial charge in [0.15, 0.2) is 0 Å². The molecule has 3 rings (SSSR count). The Bertz CT molecular complexity index is 801. The van der Waals surface area contributed by atoms with Gasteiger partial charge in [-0.1, -0.05) is 6.07 Å². The first-order chi connectivity index (χ1) is 13.0. The predicted molar refractivity (Wildman–Crippen MR) is 107 cm³/mol. The summed E-state index contributed by atoms with van der Waals surface area (Å²) in [5, 5.41) is 16.7. The second-order valence-electron chi connectivity index (χ2n) is 6.76. The number of anilines is 3. The molecule has 0 saturated carbocycles. The maximum absolute atomic E-state index is 12.4. The van der Waals surface area contributed by atoms with E-state index in [1.54, 1.807) is 19.1 Å². The summed E-state index contributed by atoms with van der Waals surface area (Å²) in [7, 11) is 0. The van der Waals surface area contributed by atoms with Crippen LogP contribution in [0.1, 0.15) is 26.2 Å². The van der Waals surface area contributed by atoms with E-state index in [9.17, 15) is 14.9 Å². The molecule has 7 heteroatoms. The van der Waals surface area contributed by atoms with Crippen molar-refractivity contribution >= 4 is 28.7 Å². The molecule has 0 spiro atoms. The minimum Gasteiger partial charge on any atom is -0.374 e. The number of non-ortho nitro benzene ring substituents is 1. The SMILES string of the molecule is C[C@H](Nc1ccc(N2CCCCC2)cc1)C(=O)Nc1cccc([N+](=O)[O-])c1. The van der Waals surface area contributed by atoms with Crippen molar-refractivity contribution in [2.45, 2.75) is 32.2 Å². The van der Waals surface area contributed by atoms with Crippen LogP contribution in [-0.2, 0) is 4.79 Å². The molecule has 1 fully saturated rings. The summed E-state index contributed by atoms with van der Waals surface area (Å²) in [6.07, 6.45) is 3.76. The monoisotopic (exact) mass is 368 g/mol. The van der Waals surface area contributed by atoms with E-state index in [-0.39, 0.29) is 11.6 Å². The zero-order valence-electron chi connectivity index (χ0n) is 15.4. The number of hydrogen-bond donors (Lipinski definition) is 2. The first-order valence-electron chi connectivity index (χ1n) is 9.20. The lowest BCUT2D eigenvalue weighted by Crippen LogP contribution is -2.32. The first-order valence-corrected chi connectivity index (χ1v) is 9.20. The van der Waals surface area contributed by atoms with Crippen molar-refractivity contribution in [2.75, 3.05) is 28.6 Å². The number of nitro groups is 1. The smallest absolute Gasteiger partial charge is 0.271 e. The van der Waals surface area contributed by atoms with Gasteiger partial charge in [0, 0.05) is 42.3 Å². The molecule has 2 aromatic carbocycles. The van der Waals surface area contributed by atoms with E-state index >= 15 is 0 Å². The fourth-order valence-corrected chi connectivity index (χ4v) is 3.18. The fourth-order valence-electron chi connectivity index (χ4n) is 3.18. The van der Waals surface area contributed by atoms with Gasteiger partial charge in [0.2, 0.25) is 5.91 Å². The lowest BCUT2D eigenvalue weighted by Gasteiger charge is -2.29. The Morgan fingerprint density at radius 2 is 1.78 bits per heavy atom. The van der Waals surface area contributed by atoms with Gasteiger partial charge >= 0.3 is 0 Å². The Morgan fingerprint density at radius 3 is 2.44 bits per heavy atom. The number of carbonyl (C=O) groups excluding carboxylic acids is 1. The van der Waals surface area contributed by atoms with Gasteiger partial charge < -0.3 is 15.5 Å². The normalized spacial score (nSPS) is 15.1. The molecule has 1 saturated heterocycles. The van der Waals surface area contributed by atoms with Crippen LogP contribution in [-0.4, -0.2) is 30.0 Å². The summed E-state index contributed by atoms with van der Waals surface area (Å²) in [5.41, 5.74) is 2.41. The number of carbonyl (C=O) groups is 1. The summed E-state index contributed by atoms with van der Waals surface area (Å²) < 4.78 is 0. The standard InChI is InChI=1S/C20H24N4O3/c1-15(20(25)22-17-6-5-7-19(14-17)24(26)27)21-16-8-10-18(11-9-16)23-12-3-2-4-13-23/h5-11,14-15,21H,2-4,12-13H2,1H3,(H,22,25)/t15-/m0/s1. The van der Waals surface area contributed by atoms with Crippen molar-refractivity contribution in [2.24, 2.45) is 0 Å². The van der Waals surface area contributed by atoms with E-state index in [2.05, 4.69) is 27.7 Å². The topological polar surface area (TPSA) is 87.5 Å². The number of rotatable bonds is 6. The van der Waals surface area contributed by atoms with E-state index in [0.717, 1.165) is 18.8 Å². The Balaban J connectivity index is 1.57. The second-order valence-corrected chi connectivity index (χ2v) is 6.76. The molecule has 0 aliphatic carbocycles. The molecule has 142 valence electrons. The number of nitrogens with zero attached hydrogens (tertiary/aromatic N) is 2. The van der Waals surface area contributed by atoms with Gasteiger partial charge in [0.25, 0.3) is 5.69 Å². The van der Waals surface area contributed by atoms with Crippen LogP contribution in [0.2, 0.25) is 0 Å². The number of nitrogens with one attached hydrogen (secondary N) is 2. The van der Waals surface area contributed by atoms with E-state index in [4.69, 9.17) is 0 Å². The zero-order valence-corrected chi connectivity index (χ0v) is 15.4. The maximum atomic E-state index is 12.4. The van der Waals surface area contributed by atoms with E-state index in [1.165, 1.54) is 37.1 Å². The van der Waals surface area contributed by atoms with Crippen LogP contribution in [0.25, 0.3) is 0 Å². The molecular weight excluding hydrogens is 344 g/mol. The van der Waals surface area contributed by atoms with Crippen molar-refractivity contribution < 1.29 is 9.72 Å². The maximum Gasteiger partial charge on any atom is 0.271 e. The van der Waals surface area contributed by atoms with Crippen LogP contribution in [0, 0.1) is 10.1 Å². The number of nitro benzene ring substituents is 1. The molecule has 7 nitrogen and oxygen atoms in total. The van der Waals surface area contributed by atoms with Crippen LogP contribution in [0.5, 0.6) is 0 Å². The Hall–Kier alpha value is -3.09. The average molecular weight is 368 g/mol. The molecule has 0 aromatic heterocycles. The molecule has 0 unspecified atom stereocenters. The average Bonchev–Trinajstić information content (AvgIpc) is 2.69. The summed E-state index contributed by atoms with van der Waals surface area (Å²) in [4.78, 5) is 25.1. The lowest BCUT2D eigenvalue weighted by molar-refractivity contribution is -0.384. The van der Waals surface area contributed by atoms with Crippen molar-refractivity contribution in [1.29, 1.82) is 0 Å². The summed E-state index contributed by atoms with van der Waals surface area (Å²) in [5.74, 6) is -0.254. The zero-order chi connectivity index (χ0) is 19.2. The molecule has 1 amide bonds. The van der Waals surface area contributed by atoms with E-state index in [0.29, 0.717) is 5.69 Å². The molecular formula is C20H24N4O3. The predicted octanol–water partition coefficient (Wildman–Crippen LogP) is 4.02. The molecule has 0 radical (unpaired) electrons. The van der Waals surface area contributed by atoms with Crippen molar-refractivity contribution in [1.82, 2.24) is 0 Å². The van der Waals surface area contributed by atoms with Gasteiger partial charge in [-0.25, -0.2) is 0 Å². The molecule has 1 heterocycles. The lowest BCUT2D eigenvalue weighted by atomic mass is 10.1. The van der Waals surface area contributed by atoms with Crippen molar-refractivity contribution in [3.63, 3.8) is 0 Å². The molecule has 1 aliphatic rings. The number of benzene rings is 2. The van der Waals surface area contributed by atoms with E-state index in [1.807, 2.05) is 12.1 Å². The third kappa shape index (κ3) is 4.97. The highest BCUT2D eigenvalue weighted by atomic mass is 16.6. The van der Waals surface area contributed by atoms with Crippen molar-refractivity contribution in [3.05, 3.63) is 58.6 Å². The van der Waals surface area contributed by atoms with Crippen LogP contribution in [0.15, 0.2) is 48.5 Å². The number of hydrogen-bond acceptors (Lipinski definition) is 5. The summed E-state index contributed by atoms with van der Waals surface area (Å²) in [6, 6.07) is 13.5. The van der Waals surface area contributed by atoms with E-state index < -0.39 is 11.0 Å². The number of piperidine rings is 1. The minimum atomic E-state index is -0.485. The number of amides is 1. The highest BCUT2D eigenvalue weighted by molar-refractivity contribution is 5.96. The van der Waals surface area contributed by atoms with Gasteiger partial charge in [0.05, 0.1) is 4.92 Å². The minimum absolute atomic E-state index is 0.0540. The van der Waals surface area contributed by atoms with Crippen LogP contribution in [0.4, 0.5) is 22.7 Å². The molecule has 27 heavy (non-hydrogen) atoms.